The highest BCUT2D eigenvalue weighted by Gasteiger charge is 2.22. The van der Waals surface area contributed by atoms with E-state index < -0.39 is 0 Å². The molecule has 8 aromatic carbocycles. The molecule has 0 saturated heterocycles. The maximum Gasteiger partial charge on any atom is 0.227 e. The summed E-state index contributed by atoms with van der Waals surface area (Å²) in [5.41, 5.74) is 9.51. The molecule has 10 aromatic rings. The smallest absolute Gasteiger partial charge is 0.227 e. The van der Waals surface area contributed by atoms with Crippen LogP contribution >= 0.6 is 0 Å². The summed E-state index contributed by atoms with van der Waals surface area (Å²) >= 11 is 0. The first-order chi connectivity index (χ1) is 24.8. The lowest BCUT2D eigenvalue weighted by Gasteiger charge is -2.29. The minimum Gasteiger partial charge on any atom is -0.437 e. The molecule has 0 radical (unpaired) electrons. The molecule has 0 spiro atoms. The van der Waals surface area contributed by atoms with Gasteiger partial charge in [-0.25, -0.2) is 4.98 Å². The van der Waals surface area contributed by atoms with Crippen molar-refractivity contribution in [2.24, 2.45) is 0 Å². The van der Waals surface area contributed by atoms with Crippen molar-refractivity contribution in [1.82, 2.24) is 4.98 Å². The number of hydrogen-bond acceptors (Lipinski definition) is 3. The van der Waals surface area contributed by atoms with Gasteiger partial charge in [0.05, 0.1) is 11.4 Å². The Bertz CT molecular complexity index is 2870. The molecule has 0 aliphatic heterocycles. The van der Waals surface area contributed by atoms with Crippen LogP contribution in [-0.2, 0) is 0 Å². The van der Waals surface area contributed by atoms with Gasteiger partial charge in [0.1, 0.15) is 5.58 Å². The van der Waals surface area contributed by atoms with E-state index >= 15 is 0 Å². The van der Waals surface area contributed by atoms with Crippen molar-refractivity contribution >= 4 is 71.4 Å². The number of furan rings is 1. The Balaban J connectivity index is 1.22. The number of pyridine rings is 1. The van der Waals surface area contributed by atoms with Crippen molar-refractivity contribution in [1.29, 1.82) is 0 Å². The Kier molecular flexibility index (Phi) is 6.49. The first kappa shape index (κ1) is 28.3. The van der Waals surface area contributed by atoms with Gasteiger partial charge in [-0.15, -0.1) is 0 Å². The highest BCUT2D eigenvalue weighted by atomic mass is 16.3. The van der Waals surface area contributed by atoms with Crippen LogP contribution in [0.15, 0.2) is 187 Å². The van der Waals surface area contributed by atoms with Crippen molar-refractivity contribution in [2.45, 2.75) is 0 Å². The Hall–Kier alpha value is -6.71. The summed E-state index contributed by atoms with van der Waals surface area (Å²) in [4.78, 5) is 6.92. The fourth-order valence-electron chi connectivity index (χ4n) is 7.64. The summed E-state index contributed by atoms with van der Waals surface area (Å²) in [6.45, 7) is 0. The zero-order valence-corrected chi connectivity index (χ0v) is 27.1. The van der Waals surface area contributed by atoms with Crippen LogP contribution in [0, 0.1) is 0 Å². The lowest BCUT2D eigenvalue weighted by molar-refractivity contribution is 0.657. The Morgan fingerprint density at radius 2 is 0.940 bits per heavy atom. The molecule has 0 N–H and O–H groups in total. The van der Waals surface area contributed by atoms with Crippen molar-refractivity contribution in [3.63, 3.8) is 0 Å². The van der Waals surface area contributed by atoms with Crippen LogP contribution in [0.2, 0.25) is 0 Å². The molecule has 234 valence electrons. The van der Waals surface area contributed by atoms with Gasteiger partial charge in [-0.2, -0.15) is 0 Å². The van der Waals surface area contributed by atoms with Gasteiger partial charge in [0.15, 0.2) is 0 Å². The van der Waals surface area contributed by atoms with Gasteiger partial charge in [-0.05, 0) is 80.7 Å². The second-order valence-electron chi connectivity index (χ2n) is 12.7. The molecule has 2 aromatic heterocycles. The van der Waals surface area contributed by atoms with Crippen molar-refractivity contribution < 1.29 is 4.42 Å². The largest absolute Gasteiger partial charge is 0.437 e. The summed E-state index contributed by atoms with van der Waals surface area (Å²) in [5, 5.41) is 9.18. The predicted octanol–water partition coefficient (Wildman–Crippen LogP) is 13.2. The van der Waals surface area contributed by atoms with E-state index in [0.29, 0.717) is 5.71 Å². The van der Waals surface area contributed by atoms with Crippen molar-refractivity contribution in [3.8, 4) is 22.3 Å². The maximum absolute atomic E-state index is 6.42. The van der Waals surface area contributed by atoms with Crippen LogP contribution in [0.4, 0.5) is 17.1 Å². The van der Waals surface area contributed by atoms with Gasteiger partial charge in [-0.3, -0.25) is 0 Å². The van der Waals surface area contributed by atoms with Gasteiger partial charge in [-0.1, -0.05) is 133 Å². The highest BCUT2D eigenvalue weighted by molar-refractivity contribution is 6.17. The average molecular weight is 639 g/mol. The molecule has 3 heteroatoms. The van der Waals surface area contributed by atoms with E-state index in [2.05, 4.69) is 180 Å². The third kappa shape index (κ3) is 4.48. The topological polar surface area (TPSA) is 29.3 Å². The molecule has 0 aliphatic carbocycles. The molecule has 0 fully saturated rings. The number of para-hydroxylation sites is 1. The number of anilines is 3. The van der Waals surface area contributed by atoms with Crippen LogP contribution in [-0.4, -0.2) is 4.98 Å². The quantitative estimate of drug-likeness (QED) is 0.188. The summed E-state index contributed by atoms with van der Waals surface area (Å²) < 4.78 is 6.42. The molecular weight excluding hydrogens is 609 g/mol. The van der Waals surface area contributed by atoms with Gasteiger partial charge >= 0.3 is 0 Å². The molecule has 0 atom stereocenters. The minimum atomic E-state index is 0.655. The van der Waals surface area contributed by atoms with E-state index in [0.717, 1.165) is 49.8 Å². The molecule has 2 heterocycles. The second kappa shape index (κ2) is 11.5. The molecule has 0 bridgehead atoms. The molecule has 0 saturated carbocycles. The first-order valence-corrected chi connectivity index (χ1v) is 17.0. The third-order valence-electron chi connectivity index (χ3n) is 9.94. The lowest BCUT2D eigenvalue weighted by atomic mass is 9.95. The molecule has 0 aliphatic rings. The Morgan fingerprint density at radius 3 is 1.76 bits per heavy atom. The standard InChI is InChI=1S/C47H30N2O/c1-3-15-35-31(11-1)13-7-18-36(35)33-24-26-34(27-25-33)49(44-22-6-5-17-39(44)38-19-8-14-32-12-2-4-16-37(32)38)45-23-9-20-41-40(45)28-29-42-43-21-10-30-48-47(43)50-46(41)42/h1-30H. The fraction of sp³-hybridized carbons (Fsp3) is 0. The van der Waals surface area contributed by atoms with Crippen LogP contribution in [0.1, 0.15) is 0 Å². The normalized spacial score (nSPS) is 11.6. The summed E-state index contributed by atoms with van der Waals surface area (Å²) in [7, 11) is 0. The van der Waals surface area contributed by atoms with E-state index in [1.165, 1.54) is 38.2 Å². The van der Waals surface area contributed by atoms with Crippen LogP contribution < -0.4 is 4.90 Å². The number of fused-ring (bicyclic) bond motifs is 7. The van der Waals surface area contributed by atoms with E-state index in [1.807, 2.05) is 6.07 Å². The number of nitrogens with zero attached hydrogens (tertiary/aromatic N) is 2. The monoisotopic (exact) mass is 638 g/mol. The number of benzene rings is 8. The third-order valence-corrected chi connectivity index (χ3v) is 9.94. The Labute approximate surface area is 289 Å². The molecule has 50 heavy (non-hydrogen) atoms. The van der Waals surface area contributed by atoms with Crippen LogP contribution in [0.5, 0.6) is 0 Å². The molecule has 0 unspecified atom stereocenters. The molecule has 10 rings (SSSR count). The van der Waals surface area contributed by atoms with E-state index in [9.17, 15) is 0 Å². The van der Waals surface area contributed by atoms with E-state index in [-0.39, 0.29) is 0 Å². The first-order valence-electron chi connectivity index (χ1n) is 17.0. The number of rotatable bonds is 5. The van der Waals surface area contributed by atoms with Crippen molar-refractivity contribution in [3.05, 3.63) is 182 Å². The minimum absolute atomic E-state index is 0.655. The zero-order valence-electron chi connectivity index (χ0n) is 27.1. The zero-order chi connectivity index (χ0) is 33.0. The summed E-state index contributed by atoms with van der Waals surface area (Å²) in [6.07, 6.45) is 1.78. The highest BCUT2D eigenvalue weighted by Crippen LogP contribution is 2.46. The fourth-order valence-corrected chi connectivity index (χ4v) is 7.64. The van der Waals surface area contributed by atoms with E-state index in [1.54, 1.807) is 6.20 Å². The molecular formula is C47H30N2O. The van der Waals surface area contributed by atoms with Gasteiger partial charge in [0.25, 0.3) is 0 Å². The predicted molar refractivity (Wildman–Crippen MR) is 210 cm³/mol. The average Bonchev–Trinajstić information content (AvgIpc) is 3.58. The number of hydrogen-bond donors (Lipinski definition) is 0. The van der Waals surface area contributed by atoms with Gasteiger partial charge < -0.3 is 9.32 Å². The van der Waals surface area contributed by atoms with Crippen molar-refractivity contribution in [2.75, 3.05) is 4.90 Å². The second-order valence-corrected chi connectivity index (χ2v) is 12.7. The van der Waals surface area contributed by atoms with E-state index in [4.69, 9.17) is 4.42 Å². The Morgan fingerprint density at radius 1 is 0.380 bits per heavy atom. The molecule has 0 amide bonds. The lowest BCUT2D eigenvalue weighted by Crippen LogP contribution is -2.11. The van der Waals surface area contributed by atoms with Crippen LogP contribution in [0.25, 0.3) is 76.6 Å². The molecule has 3 nitrogen and oxygen atoms in total. The SMILES string of the molecule is c1ccc(N(c2ccc(-c3cccc4ccccc34)cc2)c2cccc3c2ccc2c4cccnc4oc32)c(-c2cccc3ccccc23)c1. The van der Waals surface area contributed by atoms with Gasteiger partial charge in [0.2, 0.25) is 5.71 Å². The van der Waals surface area contributed by atoms with Crippen LogP contribution in [0.3, 0.4) is 0 Å². The number of aromatic nitrogens is 1. The summed E-state index contributed by atoms with van der Waals surface area (Å²) in [5.74, 6) is 0. The maximum atomic E-state index is 6.42. The summed E-state index contributed by atoms with van der Waals surface area (Å²) in [6, 6.07) is 63.0. The van der Waals surface area contributed by atoms with Gasteiger partial charge in [0, 0.05) is 39.0 Å².